The molecule has 2 N–H and O–H groups in total. The van der Waals surface area contributed by atoms with Crippen LogP contribution in [0, 0.1) is 17.3 Å². The van der Waals surface area contributed by atoms with E-state index in [1.54, 1.807) is 18.3 Å². The third-order valence-electron chi connectivity index (χ3n) is 2.75. The van der Waals surface area contributed by atoms with E-state index >= 15 is 0 Å². The third-order valence-corrected chi connectivity index (χ3v) is 2.75. The number of hydrogen-bond donors (Lipinski definition) is 2. The van der Waals surface area contributed by atoms with Crippen molar-refractivity contribution in [3.8, 4) is 11.8 Å². The first-order valence-corrected chi connectivity index (χ1v) is 7.02. The first kappa shape index (κ1) is 17.2. The van der Waals surface area contributed by atoms with E-state index in [0.717, 1.165) is 6.42 Å². The van der Waals surface area contributed by atoms with Crippen molar-refractivity contribution in [1.82, 2.24) is 10.3 Å². The summed E-state index contributed by atoms with van der Waals surface area (Å²) in [6.07, 6.45) is 2.41. The number of aliphatic hydroxyl groups excluding tert-OH is 1. The van der Waals surface area contributed by atoms with Crippen LogP contribution in [-0.4, -0.2) is 28.1 Å². The molecule has 0 fully saturated rings. The molecule has 0 aliphatic rings. The molecule has 4 heteroatoms. The van der Waals surface area contributed by atoms with Gasteiger partial charge in [0.15, 0.2) is 0 Å². The van der Waals surface area contributed by atoms with Gasteiger partial charge >= 0.3 is 0 Å². The Morgan fingerprint density at radius 2 is 2.00 bits per heavy atom. The molecule has 0 saturated heterocycles. The SMILES string of the molecule is CC(C)(C)CC(C)(C)NC(=O)c1ncccc1C#CCO. The molecule has 4 nitrogen and oxygen atoms in total. The Labute approximate surface area is 127 Å². The maximum absolute atomic E-state index is 12.4. The Bertz CT molecular complexity index is 560. The number of rotatable bonds is 3. The van der Waals surface area contributed by atoms with E-state index < -0.39 is 0 Å². The van der Waals surface area contributed by atoms with Crippen LogP contribution < -0.4 is 5.32 Å². The van der Waals surface area contributed by atoms with Crippen LogP contribution >= 0.6 is 0 Å². The Kier molecular flexibility index (Phi) is 5.51. The van der Waals surface area contributed by atoms with Crippen LogP contribution in [0.2, 0.25) is 0 Å². The molecule has 114 valence electrons. The fourth-order valence-corrected chi connectivity index (χ4v) is 2.56. The maximum atomic E-state index is 12.4. The van der Waals surface area contributed by atoms with Crippen molar-refractivity contribution < 1.29 is 9.90 Å². The minimum absolute atomic E-state index is 0.112. The minimum atomic E-state index is -0.339. The van der Waals surface area contributed by atoms with Crippen molar-refractivity contribution in [2.45, 2.75) is 46.6 Å². The van der Waals surface area contributed by atoms with Gasteiger partial charge in [0.1, 0.15) is 12.3 Å². The van der Waals surface area contributed by atoms with Gasteiger partial charge in [-0.25, -0.2) is 4.98 Å². The monoisotopic (exact) mass is 288 g/mol. The molecule has 0 spiro atoms. The molecule has 1 aromatic heterocycles. The number of amides is 1. The summed E-state index contributed by atoms with van der Waals surface area (Å²) in [5.74, 6) is 5.06. The molecule has 21 heavy (non-hydrogen) atoms. The third kappa shape index (κ3) is 5.97. The molecule has 1 rings (SSSR count). The van der Waals surface area contributed by atoms with Crippen LogP contribution in [0.3, 0.4) is 0 Å². The van der Waals surface area contributed by atoms with Crippen molar-refractivity contribution in [1.29, 1.82) is 0 Å². The average Bonchev–Trinajstić information content (AvgIpc) is 2.33. The van der Waals surface area contributed by atoms with Gasteiger partial charge in [0.25, 0.3) is 5.91 Å². The standard InChI is InChI=1S/C17H24N2O2/c1-16(2,3)12-17(4,5)19-15(21)14-13(9-7-11-20)8-6-10-18-14/h6,8,10,20H,11-12H2,1-5H3,(H,19,21). The number of carbonyl (C=O) groups is 1. The number of aromatic nitrogens is 1. The van der Waals surface area contributed by atoms with Crippen LogP contribution in [0.25, 0.3) is 0 Å². The second kappa shape index (κ2) is 6.73. The summed E-state index contributed by atoms with van der Waals surface area (Å²) in [5, 5.41) is 11.8. The zero-order valence-corrected chi connectivity index (χ0v) is 13.4. The van der Waals surface area contributed by atoms with E-state index in [0.29, 0.717) is 11.3 Å². The number of nitrogens with one attached hydrogen (secondary N) is 1. The van der Waals surface area contributed by atoms with Gasteiger partial charge in [-0.2, -0.15) is 0 Å². The highest BCUT2D eigenvalue weighted by Gasteiger charge is 2.28. The maximum Gasteiger partial charge on any atom is 0.271 e. The van der Waals surface area contributed by atoms with Gasteiger partial charge in [0.05, 0.1) is 5.56 Å². The Hall–Kier alpha value is -1.86. The second-order valence-corrected chi connectivity index (χ2v) is 6.93. The molecule has 0 bridgehead atoms. The van der Waals surface area contributed by atoms with Crippen LogP contribution in [-0.2, 0) is 0 Å². The van der Waals surface area contributed by atoms with Crippen molar-refractivity contribution in [2.24, 2.45) is 5.41 Å². The summed E-state index contributed by atoms with van der Waals surface area (Å²) >= 11 is 0. The number of hydrogen-bond acceptors (Lipinski definition) is 3. The van der Waals surface area contributed by atoms with Gasteiger partial charge in [0, 0.05) is 11.7 Å². The van der Waals surface area contributed by atoms with E-state index in [1.807, 2.05) is 13.8 Å². The Balaban J connectivity index is 2.95. The lowest BCUT2D eigenvalue weighted by atomic mass is 9.81. The Morgan fingerprint density at radius 1 is 1.33 bits per heavy atom. The van der Waals surface area contributed by atoms with Crippen molar-refractivity contribution in [2.75, 3.05) is 6.61 Å². The topological polar surface area (TPSA) is 62.2 Å². The lowest BCUT2D eigenvalue weighted by Crippen LogP contribution is -2.46. The van der Waals surface area contributed by atoms with Crippen LogP contribution in [0.1, 0.15) is 57.1 Å². The molecule has 0 aliphatic carbocycles. The average molecular weight is 288 g/mol. The molecule has 1 heterocycles. The lowest BCUT2D eigenvalue weighted by Gasteiger charge is -2.33. The Morgan fingerprint density at radius 3 is 2.57 bits per heavy atom. The summed E-state index contributed by atoms with van der Waals surface area (Å²) in [6, 6.07) is 3.44. The van der Waals surface area contributed by atoms with Gasteiger partial charge in [-0.3, -0.25) is 4.79 Å². The van der Waals surface area contributed by atoms with Crippen LogP contribution in [0.4, 0.5) is 0 Å². The van der Waals surface area contributed by atoms with Crippen LogP contribution in [0.15, 0.2) is 18.3 Å². The summed E-state index contributed by atoms with van der Waals surface area (Å²) in [5.41, 5.74) is 0.589. The molecule has 0 saturated carbocycles. The van der Waals surface area contributed by atoms with Gasteiger partial charge < -0.3 is 10.4 Å². The van der Waals surface area contributed by atoms with Gasteiger partial charge in [-0.05, 0) is 37.8 Å². The molecule has 0 radical (unpaired) electrons. The molecule has 1 aromatic rings. The molecule has 0 unspecified atom stereocenters. The van der Waals surface area contributed by atoms with Crippen LogP contribution in [0.5, 0.6) is 0 Å². The van der Waals surface area contributed by atoms with E-state index in [-0.39, 0.29) is 23.5 Å². The largest absolute Gasteiger partial charge is 0.384 e. The predicted octanol–water partition coefficient (Wildman–Crippen LogP) is 2.37. The van der Waals surface area contributed by atoms with Gasteiger partial charge in [-0.15, -0.1) is 0 Å². The number of nitrogens with zero attached hydrogens (tertiary/aromatic N) is 1. The first-order chi connectivity index (χ1) is 9.64. The molecule has 1 amide bonds. The first-order valence-electron chi connectivity index (χ1n) is 7.02. The van der Waals surface area contributed by atoms with Crippen molar-refractivity contribution in [3.63, 3.8) is 0 Å². The molecular weight excluding hydrogens is 264 g/mol. The summed E-state index contributed by atoms with van der Waals surface area (Å²) in [4.78, 5) is 16.5. The summed E-state index contributed by atoms with van der Waals surface area (Å²) in [7, 11) is 0. The zero-order valence-electron chi connectivity index (χ0n) is 13.4. The highest BCUT2D eigenvalue weighted by Crippen LogP contribution is 2.27. The smallest absolute Gasteiger partial charge is 0.271 e. The minimum Gasteiger partial charge on any atom is -0.384 e. The van der Waals surface area contributed by atoms with Crippen molar-refractivity contribution in [3.05, 3.63) is 29.6 Å². The summed E-state index contributed by atoms with van der Waals surface area (Å²) < 4.78 is 0. The second-order valence-electron chi connectivity index (χ2n) is 6.93. The number of pyridine rings is 1. The highest BCUT2D eigenvalue weighted by molar-refractivity contribution is 5.95. The normalized spacial score (nSPS) is 11.5. The highest BCUT2D eigenvalue weighted by atomic mass is 16.2. The molecular formula is C17H24N2O2. The van der Waals surface area contributed by atoms with Gasteiger partial charge in [-0.1, -0.05) is 32.6 Å². The van der Waals surface area contributed by atoms with E-state index in [4.69, 9.17) is 5.11 Å². The lowest BCUT2D eigenvalue weighted by molar-refractivity contribution is 0.0886. The van der Waals surface area contributed by atoms with Crippen molar-refractivity contribution >= 4 is 5.91 Å². The molecule has 0 aromatic carbocycles. The molecule has 0 aliphatic heterocycles. The quantitative estimate of drug-likeness (QED) is 0.839. The summed E-state index contributed by atoms with van der Waals surface area (Å²) in [6.45, 7) is 10.2. The van der Waals surface area contributed by atoms with E-state index in [1.165, 1.54) is 0 Å². The predicted molar refractivity (Wildman–Crippen MR) is 83.8 cm³/mol. The fraction of sp³-hybridized carbons (Fsp3) is 0.529. The zero-order chi connectivity index (χ0) is 16.1. The fourth-order valence-electron chi connectivity index (χ4n) is 2.56. The number of carbonyl (C=O) groups excluding carboxylic acids is 1. The van der Waals surface area contributed by atoms with Gasteiger partial charge in [0.2, 0.25) is 0 Å². The number of aliphatic hydroxyl groups is 1. The van der Waals surface area contributed by atoms with E-state index in [9.17, 15) is 4.79 Å². The molecule has 0 atom stereocenters. The van der Waals surface area contributed by atoms with E-state index in [2.05, 4.69) is 42.9 Å².